The molecule has 0 heterocycles. The fraction of sp³-hybridized carbons (Fsp3) is 0. The zero-order valence-corrected chi connectivity index (χ0v) is 7.81. The van der Waals surface area contributed by atoms with Crippen LogP contribution in [0, 0.1) is 0 Å². The van der Waals surface area contributed by atoms with Gasteiger partial charge in [0, 0.05) is 10.0 Å². The molecule has 0 N–H and O–H groups in total. The Morgan fingerprint density at radius 1 is 0.750 bits per heavy atom. The van der Waals surface area contributed by atoms with E-state index in [1.54, 1.807) is 24.3 Å². The van der Waals surface area contributed by atoms with Crippen LogP contribution in [-0.4, -0.2) is 13.6 Å². The fourth-order valence-corrected chi connectivity index (χ4v) is 0.682. The van der Waals surface area contributed by atoms with E-state index in [9.17, 15) is 0 Å². The first-order valence-electron chi connectivity index (χ1n) is 2.78. The molecule has 0 amide bonds. The smallest absolute Gasteiger partial charge is 0.106 e. The molecule has 1 aromatic carbocycles. The summed E-state index contributed by atoms with van der Waals surface area (Å²) in [7, 11) is 0. The molecule has 0 aliphatic carbocycles. The normalized spacial score (nSPS) is 6.83. The van der Waals surface area contributed by atoms with Crippen LogP contribution in [0.3, 0.4) is 0 Å². The maximum absolute atomic E-state index is 8.00. The molecule has 0 radical (unpaired) electrons. The van der Waals surface area contributed by atoms with Crippen molar-refractivity contribution >= 4 is 36.8 Å². The van der Waals surface area contributed by atoms with E-state index >= 15 is 0 Å². The van der Waals surface area contributed by atoms with Crippen LogP contribution in [0.4, 0.5) is 0 Å². The van der Waals surface area contributed by atoms with Gasteiger partial charge in [-0.2, -0.15) is 0 Å². The molecule has 0 bridgehead atoms. The Morgan fingerprint density at radius 3 is 1.08 bits per heavy atom. The predicted octanol–water partition coefficient (Wildman–Crippen LogP) is 2.62. The molecule has 0 fully saturated rings. The Balaban J connectivity index is 0. The van der Waals surface area contributed by atoms with Gasteiger partial charge in [0.25, 0.3) is 0 Å². The van der Waals surface area contributed by atoms with Crippen LogP contribution in [0.1, 0.15) is 0 Å². The molecule has 12 heavy (non-hydrogen) atoms. The fourth-order valence-electron chi connectivity index (χ4n) is 0.430. The van der Waals surface area contributed by atoms with Crippen molar-refractivity contribution < 1.29 is 9.59 Å². The van der Waals surface area contributed by atoms with Crippen LogP contribution >= 0.6 is 23.2 Å². The maximum Gasteiger partial charge on any atom is 0.106 e. The number of benzene rings is 1. The van der Waals surface area contributed by atoms with Crippen LogP contribution in [0.2, 0.25) is 10.0 Å². The summed E-state index contributed by atoms with van der Waals surface area (Å²) in [6.45, 7) is 4.00. The van der Waals surface area contributed by atoms with E-state index in [2.05, 4.69) is 0 Å². The minimum absolute atomic E-state index is 0.717. The van der Waals surface area contributed by atoms with Gasteiger partial charge in [-0.05, 0) is 24.3 Å². The molecule has 2 nitrogen and oxygen atoms in total. The summed E-state index contributed by atoms with van der Waals surface area (Å²) >= 11 is 11.1. The molecule has 1 rings (SSSR count). The average molecular weight is 207 g/mol. The number of hydrogen-bond donors (Lipinski definition) is 0. The van der Waals surface area contributed by atoms with Gasteiger partial charge >= 0.3 is 0 Å². The molecule has 0 aromatic heterocycles. The van der Waals surface area contributed by atoms with Gasteiger partial charge in [0.2, 0.25) is 0 Å². The van der Waals surface area contributed by atoms with E-state index in [-0.39, 0.29) is 0 Å². The second-order valence-corrected chi connectivity index (χ2v) is 2.31. The van der Waals surface area contributed by atoms with Crippen molar-refractivity contribution in [2.24, 2.45) is 0 Å². The zero-order chi connectivity index (χ0) is 9.98. The molecule has 4 heteroatoms. The van der Waals surface area contributed by atoms with Gasteiger partial charge in [-0.25, -0.2) is 0 Å². The molecule has 0 spiro atoms. The highest BCUT2D eigenvalue weighted by Gasteiger charge is 1.83. The van der Waals surface area contributed by atoms with Crippen molar-refractivity contribution in [2.75, 3.05) is 0 Å². The van der Waals surface area contributed by atoms with Crippen LogP contribution in [0.25, 0.3) is 0 Å². The van der Waals surface area contributed by atoms with Gasteiger partial charge < -0.3 is 9.59 Å². The summed E-state index contributed by atoms with van der Waals surface area (Å²) < 4.78 is 0. The third kappa shape index (κ3) is 7.25. The lowest BCUT2D eigenvalue weighted by Gasteiger charge is -1.86. The van der Waals surface area contributed by atoms with Crippen molar-refractivity contribution in [3.05, 3.63) is 34.3 Å². The monoisotopic (exact) mass is 206 g/mol. The van der Waals surface area contributed by atoms with Crippen molar-refractivity contribution in [1.29, 1.82) is 0 Å². The van der Waals surface area contributed by atoms with Crippen LogP contribution in [0.5, 0.6) is 0 Å². The largest absolute Gasteiger partial charge is 0.307 e. The number of hydrogen-bond acceptors (Lipinski definition) is 2. The molecule has 0 saturated carbocycles. The molecule has 1 aromatic rings. The van der Waals surface area contributed by atoms with Crippen molar-refractivity contribution in [3.63, 3.8) is 0 Å². The van der Waals surface area contributed by atoms with Gasteiger partial charge in [-0.1, -0.05) is 23.2 Å². The maximum atomic E-state index is 8.00. The molecular weight excluding hydrogens is 199 g/mol. The minimum atomic E-state index is 0.717. The van der Waals surface area contributed by atoms with E-state index in [4.69, 9.17) is 32.8 Å². The van der Waals surface area contributed by atoms with Crippen LogP contribution in [-0.2, 0) is 9.59 Å². The first-order chi connectivity index (χ1) is 5.79. The van der Waals surface area contributed by atoms with Crippen molar-refractivity contribution in [1.82, 2.24) is 0 Å². The summed E-state index contributed by atoms with van der Waals surface area (Å²) in [4.78, 5) is 16.0. The van der Waals surface area contributed by atoms with Crippen molar-refractivity contribution in [3.8, 4) is 0 Å². The standard InChI is InChI=1S/C6H4Cl2.2CH2O/c7-5-1-2-6(8)4-3-5;2*1-2/h1-4H;2*1H2. The van der Waals surface area contributed by atoms with Gasteiger partial charge in [0.1, 0.15) is 13.6 Å². The molecule has 0 aliphatic rings. The third-order valence-corrected chi connectivity index (χ3v) is 1.31. The second-order valence-electron chi connectivity index (χ2n) is 1.44. The van der Waals surface area contributed by atoms with E-state index in [0.717, 1.165) is 10.0 Å². The minimum Gasteiger partial charge on any atom is -0.307 e. The molecule has 0 unspecified atom stereocenters. The zero-order valence-electron chi connectivity index (χ0n) is 6.30. The Hall–Kier alpha value is -0.860. The lowest BCUT2D eigenvalue weighted by atomic mass is 10.4. The molecule has 0 atom stereocenters. The highest BCUT2D eigenvalue weighted by atomic mass is 35.5. The van der Waals surface area contributed by atoms with E-state index in [1.807, 2.05) is 13.6 Å². The summed E-state index contributed by atoms with van der Waals surface area (Å²) in [5.41, 5.74) is 0. The Kier molecular flexibility index (Phi) is 11.6. The summed E-state index contributed by atoms with van der Waals surface area (Å²) in [6, 6.07) is 7.02. The Morgan fingerprint density at radius 2 is 0.917 bits per heavy atom. The highest BCUT2D eigenvalue weighted by molar-refractivity contribution is 6.32. The number of halogens is 2. The van der Waals surface area contributed by atoms with Gasteiger partial charge in [-0.3, -0.25) is 0 Å². The topological polar surface area (TPSA) is 34.1 Å². The van der Waals surface area contributed by atoms with Crippen molar-refractivity contribution in [2.45, 2.75) is 0 Å². The highest BCUT2D eigenvalue weighted by Crippen LogP contribution is 2.12. The lowest BCUT2D eigenvalue weighted by Crippen LogP contribution is -1.60. The summed E-state index contributed by atoms with van der Waals surface area (Å²) in [6.07, 6.45) is 0. The van der Waals surface area contributed by atoms with Gasteiger partial charge in [0.05, 0.1) is 0 Å². The molecule has 0 aliphatic heterocycles. The third-order valence-electron chi connectivity index (χ3n) is 0.804. The summed E-state index contributed by atoms with van der Waals surface area (Å²) in [5.74, 6) is 0. The number of carbonyl (C=O) groups is 2. The van der Waals surface area contributed by atoms with E-state index < -0.39 is 0 Å². The predicted molar refractivity (Wildman–Crippen MR) is 50.7 cm³/mol. The van der Waals surface area contributed by atoms with Gasteiger partial charge in [0.15, 0.2) is 0 Å². The summed E-state index contributed by atoms with van der Waals surface area (Å²) in [5, 5.41) is 1.43. The number of rotatable bonds is 0. The SMILES string of the molecule is C=O.C=O.Clc1ccc(Cl)cc1. The second kappa shape index (κ2) is 10.1. The Bertz CT molecular complexity index is 176. The molecule has 0 saturated heterocycles. The first kappa shape index (κ1) is 13.7. The quantitative estimate of drug-likeness (QED) is 0.655. The number of carbonyl (C=O) groups excluding carboxylic acids is 2. The average Bonchev–Trinajstić information content (AvgIpc) is 2.17. The molecular formula is C8H8Cl2O2. The van der Waals surface area contributed by atoms with Gasteiger partial charge in [-0.15, -0.1) is 0 Å². The van der Waals surface area contributed by atoms with Crippen LogP contribution in [0.15, 0.2) is 24.3 Å². The van der Waals surface area contributed by atoms with E-state index in [1.165, 1.54) is 0 Å². The molecule has 66 valence electrons. The first-order valence-corrected chi connectivity index (χ1v) is 3.53. The Labute approximate surface area is 81.1 Å². The van der Waals surface area contributed by atoms with Crippen LogP contribution < -0.4 is 0 Å². The van der Waals surface area contributed by atoms with E-state index in [0.29, 0.717) is 0 Å². The lowest BCUT2D eigenvalue weighted by molar-refractivity contribution is -0.0987.